The van der Waals surface area contributed by atoms with Gasteiger partial charge in [0.1, 0.15) is 23.7 Å². The van der Waals surface area contributed by atoms with Gasteiger partial charge >= 0.3 is 0 Å². The SMILES string of the molecule is O=C(c1ccccc1)N1CCN(c2cc(Oc3ccc(F)cc3Cl)ncn2)CC1. The molecule has 1 aliphatic heterocycles. The van der Waals surface area contributed by atoms with Crippen LogP contribution >= 0.6 is 11.6 Å². The van der Waals surface area contributed by atoms with E-state index in [1.807, 2.05) is 35.2 Å². The Hall–Kier alpha value is -3.19. The van der Waals surface area contributed by atoms with Gasteiger partial charge in [0.2, 0.25) is 5.88 Å². The summed E-state index contributed by atoms with van der Waals surface area (Å²) in [5, 5.41) is 0.165. The molecule has 1 amide bonds. The highest BCUT2D eigenvalue weighted by molar-refractivity contribution is 6.32. The van der Waals surface area contributed by atoms with Gasteiger partial charge in [-0.15, -0.1) is 0 Å². The minimum Gasteiger partial charge on any atom is -0.437 e. The van der Waals surface area contributed by atoms with Crippen LogP contribution in [0, 0.1) is 5.82 Å². The minimum atomic E-state index is -0.436. The van der Waals surface area contributed by atoms with Crippen molar-refractivity contribution >= 4 is 23.3 Å². The van der Waals surface area contributed by atoms with Crippen LogP contribution in [0.3, 0.4) is 0 Å². The maximum absolute atomic E-state index is 13.2. The van der Waals surface area contributed by atoms with Crippen LogP contribution in [0.25, 0.3) is 0 Å². The molecule has 4 rings (SSSR count). The van der Waals surface area contributed by atoms with Gasteiger partial charge in [0.15, 0.2) is 0 Å². The van der Waals surface area contributed by atoms with Gasteiger partial charge in [-0.05, 0) is 30.3 Å². The normalized spacial score (nSPS) is 14.0. The summed E-state index contributed by atoms with van der Waals surface area (Å²) in [6.45, 7) is 2.48. The fraction of sp³-hybridized carbons (Fsp3) is 0.190. The van der Waals surface area contributed by atoms with E-state index in [1.54, 1.807) is 6.07 Å². The molecule has 29 heavy (non-hydrogen) atoms. The lowest BCUT2D eigenvalue weighted by molar-refractivity contribution is 0.0746. The Labute approximate surface area is 172 Å². The second kappa shape index (κ2) is 8.45. The summed E-state index contributed by atoms with van der Waals surface area (Å²) in [5.74, 6) is 0.916. The summed E-state index contributed by atoms with van der Waals surface area (Å²) in [6.07, 6.45) is 1.41. The molecule has 0 atom stereocenters. The molecule has 1 fully saturated rings. The average Bonchev–Trinajstić information content (AvgIpc) is 2.76. The van der Waals surface area contributed by atoms with Crippen molar-refractivity contribution in [2.45, 2.75) is 0 Å². The Kier molecular flexibility index (Phi) is 5.57. The van der Waals surface area contributed by atoms with E-state index in [2.05, 4.69) is 14.9 Å². The zero-order valence-electron chi connectivity index (χ0n) is 15.5. The number of halogens is 2. The lowest BCUT2D eigenvalue weighted by Gasteiger charge is -2.35. The van der Waals surface area contributed by atoms with Crippen LogP contribution in [0.1, 0.15) is 10.4 Å². The molecule has 2 aromatic carbocycles. The van der Waals surface area contributed by atoms with E-state index in [1.165, 1.54) is 24.5 Å². The number of carbonyl (C=O) groups excluding carboxylic acids is 1. The molecule has 3 aromatic rings. The molecular weight excluding hydrogens is 395 g/mol. The van der Waals surface area contributed by atoms with E-state index in [4.69, 9.17) is 16.3 Å². The van der Waals surface area contributed by atoms with Crippen LogP contribution in [-0.2, 0) is 0 Å². The molecule has 1 aliphatic rings. The number of hydrogen-bond acceptors (Lipinski definition) is 5. The summed E-state index contributed by atoms with van der Waals surface area (Å²) in [7, 11) is 0. The smallest absolute Gasteiger partial charge is 0.253 e. The van der Waals surface area contributed by atoms with E-state index >= 15 is 0 Å². The fourth-order valence-electron chi connectivity index (χ4n) is 3.13. The third-order valence-electron chi connectivity index (χ3n) is 4.65. The van der Waals surface area contributed by atoms with E-state index in [0.717, 1.165) is 0 Å². The van der Waals surface area contributed by atoms with Crippen molar-refractivity contribution in [2.24, 2.45) is 0 Å². The summed E-state index contributed by atoms with van der Waals surface area (Å²) < 4.78 is 18.9. The van der Waals surface area contributed by atoms with Crippen LogP contribution in [0.2, 0.25) is 5.02 Å². The fourth-order valence-corrected chi connectivity index (χ4v) is 3.34. The molecule has 1 saturated heterocycles. The number of aromatic nitrogens is 2. The van der Waals surface area contributed by atoms with Gasteiger partial charge in [0.05, 0.1) is 5.02 Å². The predicted octanol–water partition coefficient (Wildman–Crippen LogP) is 4.02. The predicted molar refractivity (Wildman–Crippen MR) is 108 cm³/mol. The monoisotopic (exact) mass is 412 g/mol. The molecule has 2 heterocycles. The largest absolute Gasteiger partial charge is 0.437 e. The van der Waals surface area contributed by atoms with E-state index in [-0.39, 0.29) is 10.9 Å². The molecule has 0 unspecified atom stereocenters. The first kappa shape index (κ1) is 19.1. The average molecular weight is 413 g/mol. The molecule has 0 saturated carbocycles. The van der Waals surface area contributed by atoms with Gasteiger partial charge in [-0.3, -0.25) is 4.79 Å². The van der Waals surface area contributed by atoms with Gasteiger partial charge in [-0.1, -0.05) is 29.8 Å². The number of piperazine rings is 1. The Morgan fingerprint density at radius 1 is 1.00 bits per heavy atom. The zero-order valence-corrected chi connectivity index (χ0v) is 16.2. The molecule has 0 bridgehead atoms. The van der Waals surface area contributed by atoms with Crippen LogP contribution in [0.15, 0.2) is 60.9 Å². The maximum atomic E-state index is 13.2. The quantitative estimate of drug-likeness (QED) is 0.647. The molecule has 0 spiro atoms. The van der Waals surface area contributed by atoms with Crippen molar-refractivity contribution in [3.8, 4) is 11.6 Å². The Morgan fingerprint density at radius 2 is 1.76 bits per heavy atom. The first-order chi connectivity index (χ1) is 14.1. The number of carbonyl (C=O) groups is 1. The first-order valence-electron chi connectivity index (χ1n) is 9.14. The second-order valence-electron chi connectivity index (χ2n) is 6.54. The summed E-state index contributed by atoms with van der Waals surface area (Å²) in [4.78, 5) is 24.9. The number of benzene rings is 2. The summed E-state index contributed by atoms with van der Waals surface area (Å²) in [5.41, 5.74) is 0.690. The van der Waals surface area contributed by atoms with Gasteiger partial charge in [0, 0.05) is 37.8 Å². The molecule has 8 heteroatoms. The van der Waals surface area contributed by atoms with E-state index in [9.17, 15) is 9.18 Å². The number of hydrogen-bond donors (Lipinski definition) is 0. The van der Waals surface area contributed by atoms with Crippen molar-refractivity contribution < 1.29 is 13.9 Å². The molecule has 0 radical (unpaired) electrons. The molecule has 6 nitrogen and oxygen atoms in total. The number of anilines is 1. The topological polar surface area (TPSA) is 58.6 Å². The van der Waals surface area contributed by atoms with Gasteiger partial charge < -0.3 is 14.5 Å². The van der Waals surface area contributed by atoms with Crippen LogP contribution < -0.4 is 9.64 Å². The number of amides is 1. The standard InChI is InChI=1S/C21H18ClFN4O2/c22-17-12-16(23)6-7-18(17)29-20-13-19(24-14-25-20)26-8-10-27(11-9-26)21(28)15-4-2-1-3-5-15/h1-7,12-14H,8-11H2. The highest BCUT2D eigenvalue weighted by Crippen LogP contribution is 2.30. The number of nitrogens with zero attached hydrogens (tertiary/aromatic N) is 4. The van der Waals surface area contributed by atoms with Crippen LogP contribution in [0.4, 0.5) is 10.2 Å². The molecule has 148 valence electrons. The first-order valence-corrected chi connectivity index (χ1v) is 9.52. The third-order valence-corrected chi connectivity index (χ3v) is 4.94. The van der Waals surface area contributed by atoms with Crippen LogP contribution in [-0.4, -0.2) is 47.0 Å². The summed E-state index contributed by atoms with van der Waals surface area (Å²) in [6, 6.07) is 14.9. The summed E-state index contributed by atoms with van der Waals surface area (Å²) >= 11 is 6.01. The lowest BCUT2D eigenvalue weighted by atomic mass is 10.2. The lowest BCUT2D eigenvalue weighted by Crippen LogP contribution is -2.49. The van der Waals surface area contributed by atoms with Gasteiger partial charge in [-0.25, -0.2) is 14.4 Å². The molecule has 0 aliphatic carbocycles. The van der Waals surface area contributed by atoms with Crippen molar-refractivity contribution in [2.75, 3.05) is 31.1 Å². The van der Waals surface area contributed by atoms with Crippen LogP contribution in [0.5, 0.6) is 11.6 Å². The van der Waals surface area contributed by atoms with Gasteiger partial charge in [0.25, 0.3) is 5.91 Å². The van der Waals surface area contributed by atoms with Crippen molar-refractivity contribution in [3.63, 3.8) is 0 Å². The molecule has 1 aromatic heterocycles. The third kappa shape index (κ3) is 4.46. The zero-order chi connectivity index (χ0) is 20.2. The second-order valence-corrected chi connectivity index (χ2v) is 6.94. The van der Waals surface area contributed by atoms with E-state index in [0.29, 0.717) is 49.2 Å². The van der Waals surface area contributed by atoms with E-state index < -0.39 is 5.82 Å². The minimum absolute atomic E-state index is 0.0305. The van der Waals surface area contributed by atoms with Crippen molar-refractivity contribution in [1.82, 2.24) is 14.9 Å². The number of rotatable bonds is 4. The Balaban J connectivity index is 1.41. The maximum Gasteiger partial charge on any atom is 0.253 e. The molecular formula is C21H18ClFN4O2. The highest BCUT2D eigenvalue weighted by atomic mass is 35.5. The van der Waals surface area contributed by atoms with Crippen molar-refractivity contribution in [1.29, 1.82) is 0 Å². The van der Waals surface area contributed by atoms with Crippen molar-refractivity contribution in [3.05, 3.63) is 77.3 Å². The molecule has 0 N–H and O–H groups in total. The number of ether oxygens (including phenoxy) is 1. The Morgan fingerprint density at radius 3 is 2.48 bits per heavy atom. The van der Waals surface area contributed by atoms with Gasteiger partial charge in [-0.2, -0.15) is 0 Å². The highest BCUT2D eigenvalue weighted by Gasteiger charge is 2.23. The Bertz CT molecular complexity index is 1010.